The molecule has 0 N–H and O–H groups in total. The molecule has 26 heavy (non-hydrogen) atoms. The first-order chi connectivity index (χ1) is 12.4. The quantitative estimate of drug-likeness (QED) is 0.356. The van der Waals surface area contributed by atoms with E-state index in [0.29, 0.717) is 13.0 Å². The summed E-state index contributed by atoms with van der Waals surface area (Å²) in [6, 6.07) is 10.4. The van der Waals surface area contributed by atoms with Crippen molar-refractivity contribution in [3.8, 4) is 0 Å². The lowest BCUT2D eigenvalue weighted by atomic mass is 9.84. The van der Waals surface area contributed by atoms with Gasteiger partial charge in [0.05, 0.1) is 6.04 Å². The van der Waals surface area contributed by atoms with Crippen molar-refractivity contribution in [2.24, 2.45) is 5.41 Å². The van der Waals surface area contributed by atoms with Crippen molar-refractivity contribution < 1.29 is 9.59 Å². The number of ketones is 1. The maximum Gasteiger partial charge on any atom is 0.291 e. The van der Waals surface area contributed by atoms with Gasteiger partial charge in [-0.25, -0.2) is 0 Å². The van der Waals surface area contributed by atoms with Crippen molar-refractivity contribution >= 4 is 28.8 Å². The number of carbonyl (C=O) groups is 2. The lowest BCUT2D eigenvalue weighted by Gasteiger charge is -2.28. The summed E-state index contributed by atoms with van der Waals surface area (Å²) in [6.45, 7) is 6.30. The monoisotopic (exact) mass is 373 g/mol. The average Bonchev–Trinajstić information content (AvgIpc) is 3.14. The summed E-state index contributed by atoms with van der Waals surface area (Å²) in [4.78, 5) is 27.9. The molecule has 0 radical (unpaired) electrons. The minimum absolute atomic E-state index is 0.0363. The summed E-state index contributed by atoms with van der Waals surface area (Å²) in [7, 11) is 0. The van der Waals surface area contributed by atoms with Gasteiger partial charge in [0.25, 0.3) is 5.91 Å². The first kappa shape index (κ1) is 20.8. The predicted octanol–water partition coefficient (Wildman–Crippen LogP) is 4.77. The van der Waals surface area contributed by atoms with E-state index in [1.54, 1.807) is 4.90 Å². The van der Waals surface area contributed by atoms with Crippen LogP contribution in [0.15, 0.2) is 30.3 Å². The van der Waals surface area contributed by atoms with Gasteiger partial charge in [-0.2, -0.15) is 0 Å². The Balaban J connectivity index is 1.85. The standard InChI is InChI=1S/C22H31NO2S/c1-4-22(2,3)20(24)21(25)23-16-10-14-18(23)19(26)15-9-8-13-17-11-6-5-7-12-17/h5-7,11-12,18H,4,8-10,13-16H2,1-3H3. The van der Waals surface area contributed by atoms with E-state index in [2.05, 4.69) is 24.3 Å². The fourth-order valence-electron chi connectivity index (χ4n) is 3.36. The van der Waals surface area contributed by atoms with E-state index in [9.17, 15) is 9.59 Å². The SMILES string of the molecule is CCC(C)(C)C(=O)C(=O)N1CCCC1C(=S)CCCCc1ccccc1. The maximum atomic E-state index is 12.7. The zero-order chi connectivity index (χ0) is 19.2. The predicted molar refractivity (Wildman–Crippen MR) is 110 cm³/mol. The van der Waals surface area contributed by atoms with Gasteiger partial charge in [0.1, 0.15) is 0 Å². The maximum absolute atomic E-state index is 12.7. The molecule has 1 heterocycles. The number of aryl methyl sites for hydroxylation is 1. The highest BCUT2D eigenvalue weighted by Gasteiger charge is 2.39. The van der Waals surface area contributed by atoms with E-state index in [4.69, 9.17) is 12.2 Å². The molecule has 1 aliphatic rings. The van der Waals surface area contributed by atoms with Crippen LogP contribution in [0, 0.1) is 5.41 Å². The van der Waals surface area contributed by atoms with Gasteiger partial charge in [0.15, 0.2) is 0 Å². The van der Waals surface area contributed by atoms with Crippen molar-refractivity contribution in [1.82, 2.24) is 4.90 Å². The summed E-state index contributed by atoms with van der Waals surface area (Å²) in [5.74, 6) is -0.621. The third kappa shape index (κ3) is 5.23. The Kier molecular flexibility index (Phi) is 7.51. The number of thiocarbonyl (C=S) groups is 1. The molecule has 1 fully saturated rings. The summed E-state index contributed by atoms with van der Waals surface area (Å²) in [5, 5.41) is 0. The Morgan fingerprint density at radius 2 is 1.88 bits per heavy atom. The molecule has 0 bridgehead atoms. The third-order valence-electron chi connectivity index (χ3n) is 5.56. The second kappa shape index (κ2) is 9.40. The molecule has 4 heteroatoms. The number of Topliss-reactive ketones (excluding diaryl/α,β-unsaturated/α-hetero) is 1. The normalized spacial score (nSPS) is 17.3. The van der Waals surface area contributed by atoms with Crippen LogP contribution in [0.3, 0.4) is 0 Å². The number of benzene rings is 1. The molecule has 1 aromatic carbocycles. The van der Waals surface area contributed by atoms with Crippen LogP contribution in [0.1, 0.15) is 64.9 Å². The van der Waals surface area contributed by atoms with Gasteiger partial charge in [-0.15, -0.1) is 0 Å². The van der Waals surface area contributed by atoms with Crippen molar-refractivity contribution in [2.45, 2.75) is 71.8 Å². The van der Waals surface area contributed by atoms with Gasteiger partial charge in [-0.1, -0.05) is 63.3 Å². The Morgan fingerprint density at radius 1 is 1.19 bits per heavy atom. The molecule has 1 amide bonds. The highest BCUT2D eigenvalue weighted by molar-refractivity contribution is 7.80. The molecule has 0 saturated carbocycles. The lowest BCUT2D eigenvalue weighted by molar-refractivity contribution is -0.149. The number of hydrogen-bond acceptors (Lipinski definition) is 3. The van der Waals surface area contributed by atoms with Gasteiger partial charge >= 0.3 is 0 Å². The third-order valence-corrected chi connectivity index (χ3v) is 6.04. The molecule has 0 aromatic heterocycles. The number of amides is 1. The molecular weight excluding hydrogens is 342 g/mol. The Labute approximate surface area is 163 Å². The highest BCUT2D eigenvalue weighted by atomic mass is 32.1. The van der Waals surface area contributed by atoms with Crippen molar-refractivity contribution in [3.05, 3.63) is 35.9 Å². The second-order valence-electron chi connectivity index (χ2n) is 7.88. The molecule has 142 valence electrons. The number of likely N-dealkylation sites (tertiary alicyclic amines) is 1. The van der Waals surface area contributed by atoms with Crippen LogP contribution in [0.2, 0.25) is 0 Å². The van der Waals surface area contributed by atoms with Crippen LogP contribution in [0.5, 0.6) is 0 Å². The van der Waals surface area contributed by atoms with Crippen LogP contribution >= 0.6 is 12.2 Å². The van der Waals surface area contributed by atoms with Crippen molar-refractivity contribution in [1.29, 1.82) is 0 Å². The molecule has 1 saturated heterocycles. The molecule has 3 nitrogen and oxygen atoms in total. The number of unbranched alkanes of at least 4 members (excludes halogenated alkanes) is 1. The van der Waals surface area contributed by atoms with Crippen LogP contribution in [0.25, 0.3) is 0 Å². The van der Waals surface area contributed by atoms with Crippen molar-refractivity contribution in [2.75, 3.05) is 6.54 Å². The first-order valence-corrected chi connectivity index (χ1v) is 10.2. The second-order valence-corrected chi connectivity index (χ2v) is 8.41. The smallest absolute Gasteiger partial charge is 0.291 e. The van der Waals surface area contributed by atoms with Gasteiger partial charge in [0, 0.05) is 16.8 Å². The Bertz CT molecular complexity index is 639. The number of carbonyl (C=O) groups excluding carboxylic acids is 2. The molecule has 0 aliphatic carbocycles. The molecule has 1 atom stereocenters. The molecular formula is C22H31NO2S. The zero-order valence-electron chi connectivity index (χ0n) is 16.3. The van der Waals surface area contributed by atoms with Gasteiger partial charge in [-0.3, -0.25) is 9.59 Å². The van der Waals surface area contributed by atoms with E-state index in [1.165, 1.54) is 5.56 Å². The molecule has 1 unspecified atom stereocenters. The van der Waals surface area contributed by atoms with E-state index >= 15 is 0 Å². The number of hydrogen-bond donors (Lipinski definition) is 0. The van der Waals surface area contributed by atoms with E-state index < -0.39 is 5.41 Å². The minimum Gasteiger partial charge on any atom is -0.329 e. The average molecular weight is 374 g/mol. The van der Waals surface area contributed by atoms with Gasteiger partial charge < -0.3 is 4.90 Å². The van der Waals surface area contributed by atoms with E-state index in [0.717, 1.165) is 43.4 Å². The van der Waals surface area contributed by atoms with Gasteiger partial charge in [0.2, 0.25) is 5.78 Å². The van der Waals surface area contributed by atoms with Gasteiger partial charge in [-0.05, 0) is 50.5 Å². The molecule has 2 rings (SSSR count). The fraction of sp³-hybridized carbons (Fsp3) is 0.591. The topological polar surface area (TPSA) is 37.4 Å². The molecule has 1 aromatic rings. The van der Waals surface area contributed by atoms with E-state index in [-0.39, 0.29) is 17.7 Å². The van der Waals surface area contributed by atoms with Crippen LogP contribution in [0.4, 0.5) is 0 Å². The highest BCUT2D eigenvalue weighted by Crippen LogP contribution is 2.27. The summed E-state index contributed by atoms with van der Waals surface area (Å²) >= 11 is 5.64. The van der Waals surface area contributed by atoms with Crippen molar-refractivity contribution in [3.63, 3.8) is 0 Å². The van der Waals surface area contributed by atoms with Crippen LogP contribution in [-0.2, 0) is 16.0 Å². The van der Waals surface area contributed by atoms with Crippen LogP contribution in [-0.4, -0.2) is 34.0 Å². The first-order valence-electron chi connectivity index (χ1n) is 9.79. The van der Waals surface area contributed by atoms with E-state index in [1.807, 2.05) is 26.8 Å². The molecule has 1 aliphatic heterocycles. The largest absolute Gasteiger partial charge is 0.329 e. The fourth-order valence-corrected chi connectivity index (χ4v) is 3.75. The Hall–Kier alpha value is -1.55. The lowest BCUT2D eigenvalue weighted by Crippen LogP contribution is -2.47. The number of nitrogens with zero attached hydrogens (tertiary/aromatic N) is 1. The molecule has 0 spiro atoms. The zero-order valence-corrected chi connectivity index (χ0v) is 17.1. The summed E-state index contributed by atoms with van der Waals surface area (Å²) < 4.78 is 0. The summed E-state index contributed by atoms with van der Waals surface area (Å²) in [5.41, 5.74) is 0.755. The summed E-state index contributed by atoms with van der Waals surface area (Å²) in [6.07, 6.45) is 6.51. The Morgan fingerprint density at radius 3 is 2.54 bits per heavy atom. The number of rotatable bonds is 9. The van der Waals surface area contributed by atoms with Crippen LogP contribution < -0.4 is 0 Å². The minimum atomic E-state index is -0.596.